The van der Waals surface area contributed by atoms with Crippen LogP contribution in [0.5, 0.6) is 0 Å². The first-order chi connectivity index (χ1) is 8.93. The Kier molecular flexibility index (Phi) is 4.76. The highest BCUT2D eigenvalue weighted by Crippen LogP contribution is 2.36. The summed E-state index contributed by atoms with van der Waals surface area (Å²) >= 11 is 7.99. The van der Waals surface area contributed by atoms with Gasteiger partial charge in [0.1, 0.15) is 11.6 Å². The first-order valence-electron chi connectivity index (χ1n) is 5.51. The minimum absolute atomic E-state index is 0.0412. The minimum atomic E-state index is -0.562. The first-order valence-corrected chi connectivity index (χ1v) is 7.91. The van der Waals surface area contributed by atoms with Gasteiger partial charge >= 0.3 is 0 Å². The number of thiophene rings is 1. The Morgan fingerprint density at radius 1 is 1.16 bits per heavy atom. The van der Waals surface area contributed by atoms with E-state index >= 15 is 0 Å². The van der Waals surface area contributed by atoms with Crippen molar-refractivity contribution in [1.29, 1.82) is 0 Å². The number of aryl methyl sites for hydroxylation is 1. The van der Waals surface area contributed by atoms with Gasteiger partial charge in [-0.15, -0.1) is 11.3 Å². The maximum atomic E-state index is 14.0. The number of halogens is 4. The zero-order valence-electron chi connectivity index (χ0n) is 10.2. The lowest BCUT2D eigenvalue weighted by molar-refractivity contribution is 0.523. The average Bonchev–Trinajstić information content (AvgIpc) is 2.63. The van der Waals surface area contributed by atoms with Crippen LogP contribution in [0.4, 0.5) is 8.78 Å². The number of hydrogen-bond acceptors (Lipinski definition) is 2. The molecule has 1 nitrogen and oxygen atoms in total. The third-order valence-electron chi connectivity index (χ3n) is 2.78. The summed E-state index contributed by atoms with van der Waals surface area (Å²) in [5, 5.41) is 2.97. The second-order valence-electron chi connectivity index (χ2n) is 4.11. The van der Waals surface area contributed by atoms with Gasteiger partial charge in [0.2, 0.25) is 0 Å². The van der Waals surface area contributed by atoms with E-state index in [1.807, 2.05) is 13.0 Å². The van der Waals surface area contributed by atoms with Gasteiger partial charge in [0.05, 0.1) is 9.83 Å². The van der Waals surface area contributed by atoms with Crippen molar-refractivity contribution in [2.75, 3.05) is 7.05 Å². The molecule has 0 aliphatic rings. The molecule has 6 heteroatoms. The summed E-state index contributed by atoms with van der Waals surface area (Å²) < 4.78 is 29.4. The lowest BCUT2D eigenvalue weighted by atomic mass is 10.0. The van der Waals surface area contributed by atoms with Crippen LogP contribution in [0, 0.1) is 18.6 Å². The van der Waals surface area contributed by atoms with Crippen LogP contribution >= 0.6 is 43.2 Å². The van der Waals surface area contributed by atoms with Crippen molar-refractivity contribution in [3.05, 3.63) is 54.1 Å². The lowest BCUT2D eigenvalue weighted by Gasteiger charge is -2.17. The molecule has 0 spiro atoms. The number of rotatable bonds is 3. The quantitative estimate of drug-likeness (QED) is 0.735. The van der Waals surface area contributed by atoms with E-state index in [0.29, 0.717) is 4.47 Å². The molecular formula is C13H11Br2F2NS. The van der Waals surface area contributed by atoms with Gasteiger partial charge < -0.3 is 5.32 Å². The molecule has 1 atom stereocenters. The van der Waals surface area contributed by atoms with E-state index in [0.717, 1.165) is 14.2 Å². The highest BCUT2D eigenvalue weighted by Gasteiger charge is 2.23. The maximum Gasteiger partial charge on any atom is 0.132 e. The second-order valence-corrected chi connectivity index (χ2v) is 7.43. The summed E-state index contributed by atoms with van der Waals surface area (Å²) in [6, 6.07) is 3.98. The Morgan fingerprint density at radius 3 is 2.16 bits per heavy atom. The molecule has 1 aromatic heterocycles. The van der Waals surface area contributed by atoms with E-state index in [2.05, 4.69) is 37.2 Å². The molecule has 2 aromatic rings. The third kappa shape index (κ3) is 3.07. The second kappa shape index (κ2) is 5.99. The predicted octanol–water partition coefficient (Wildman–Crippen LogP) is 5.17. The fourth-order valence-corrected chi connectivity index (χ4v) is 3.98. The van der Waals surface area contributed by atoms with Gasteiger partial charge in [0, 0.05) is 14.9 Å². The predicted molar refractivity (Wildman–Crippen MR) is 81.7 cm³/mol. The summed E-state index contributed by atoms with van der Waals surface area (Å²) in [4.78, 5) is 0.868. The molecule has 2 rings (SSSR count). The summed E-state index contributed by atoms with van der Waals surface area (Å²) in [6.07, 6.45) is 0. The number of benzene rings is 1. The van der Waals surface area contributed by atoms with Gasteiger partial charge in [-0.1, -0.05) is 15.9 Å². The van der Waals surface area contributed by atoms with E-state index in [-0.39, 0.29) is 5.56 Å². The van der Waals surface area contributed by atoms with Gasteiger partial charge in [0.15, 0.2) is 0 Å². The van der Waals surface area contributed by atoms with Crippen LogP contribution in [-0.2, 0) is 0 Å². The van der Waals surface area contributed by atoms with Crippen LogP contribution in [-0.4, -0.2) is 7.05 Å². The Labute approximate surface area is 131 Å². The van der Waals surface area contributed by atoms with Crippen LogP contribution in [0.15, 0.2) is 26.5 Å². The molecule has 0 radical (unpaired) electrons. The van der Waals surface area contributed by atoms with Gasteiger partial charge in [-0.05, 0) is 53.7 Å². The SMILES string of the molecule is CNC(c1cc(C)c(Br)s1)c1c(F)cc(Br)cc1F. The fraction of sp³-hybridized carbons (Fsp3) is 0.231. The molecule has 1 aromatic carbocycles. The molecule has 0 fully saturated rings. The Hall–Kier alpha value is -0.300. The normalized spacial score (nSPS) is 12.7. The Balaban J connectivity index is 2.54. The molecule has 102 valence electrons. The lowest BCUT2D eigenvalue weighted by Crippen LogP contribution is -2.19. The number of hydrogen-bond donors (Lipinski definition) is 1. The van der Waals surface area contributed by atoms with E-state index in [9.17, 15) is 8.78 Å². The van der Waals surface area contributed by atoms with E-state index in [1.54, 1.807) is 7.05 Å². The van der Waals surface area contributed by atoms with Crippen LogP contribution in [0.3, 0.4) is 0 Å². The first kappa shape index (κ1) is 15.1. The zero-order valence-corrected chi connectivity index (χ0v) is 14.2. The molecule has 1 N–H and O–H groups in total. The van der Waals surface area contributed by atoms with Gasteiger partial charge in [-0.3, -0.25) is 0 Å². The van der Waals surface area contributed by atoms with E-state index < -0.39 is 17.7 Å². The Bertz CT molecular complexity index is 570. The van der Waals surface area contributed by atoms with Gasteiger partial charge in [-0.2, -0.15) is 0 Å². The largest absolute Gasteiger partial charge is 0.308 e. The summed E-state index contributed by atoms with van der Waals surface area (Å²) in [5.41, 5.74) is 1.10. The highest BCUT2D eigenvalue weighted by atomic mass is 79.9. The average molecular weight is 411 g/mol. The van der Waals surface area contributed by atoms with Crippen LogP contribution in [0.25, 0.3) is 0 Å². The molecule has 0 aliphatic carbocycles. The van der Waals surface area contributed by atoms with Gasteiger partial charge in [-0.25, -0.2) is 8.78 Å². The highest BCUT2D eigenvalue weighted by molar-refractivity contribution is 9.11. The molecule has 19 heavy (non-hydrogen) atoms. The topological polar surface area (TPSA) is 12.0 Å². The standard InChI is InChI=1S/C13H11Br2F2NS/c1-6-3-10(19-13(6)15)12(18-2)11-8(16)4-7(14)5-9(11)17/h3-5,12,18H,1-2H3. The molecule has 0 bridgehead atoms. The molecular weight excluding hydrogens is 400 g/mol. The molecule has 0 saturated carbocycles. The van der Waals surface area contributed by atoms with E-state index in [4.69, 9.17) is 0 Å². The monoisotopic (exact) mass is 409 g/mol. The van der Waals surface area contributed by atoms with Crippen LogP contribution in [0.1, 0.15) is 22.0 Å². The van der Waals surface area contributed by atoms with Crippen molar-refractivity contribution in [1.82, 2.24) is 5.32 Å². The van der Waals surface area contributed by atoms with Crippen molar-refractivity contribution < 1.29 is 8.78 Å². The van der Waals surface area contributed by atoms with Crippen molar-refractivity contribution in [3.63, 3.8) is 0 Å². The van der Waals surface area contributed by atoms with Crippen molar-refractivity contribution in [2.45, 2.75) is 13.0 Å². The zero-order chi connectivity index (χ0) is 14.2. The Morgan fingerprint density at radius 2 is 1.74 bits per heavy atom. The van der Waals surface area contributed by atoms with E-state index in [1.165, 1.54) is 23.5 Å². The smallest absolute Gasteiger partial charge is 0.132 e. The maximum absolute atomic E-state index is 14.0. The molecule has 0 aliphatic heterocycles. The van der Waals surface area contributed by atoms with Crippen molar-refractivity contribution in [3.8, 4) is 0 Å². The molecule has 1 unspecified atom stereocenters. The summed E-state index contributed by atoms with van der Waals surface area (Å²) in [5.74, 6) is -1.12. The van der Waals surface area contributed by atoms with Crippen LogP contribution in [0.2, 0.25) is 0 Å². The molecule has 0 amide bonds. The van der Waals surface area contributed by atoms with Gasteiger partial charge in [0.25, 0.3) is 0 Å². The minimum Gasteiger partial charge on any atom is -0.308 e. The van der Waals surface area contributed by atoms with Crippen molar-refractivity contribution in [2.24, 2.45) is 0 Å². The number of nitrogens with one attached hydrogen (secondary N) is 1. The van der Waals surface area contributed by atoms with Crippen molar-refractivity contribution >= 4 is 43.2 Å². The fourth-order valence-electron chi connectivity index (χ4n) is 1.88. The summed E-state index contributed by atoms with van der Waals surface area (Å²) in [7, 11) is 1.69. The summed E-state index contributed by atoms with van der Waals surface area (Å²) in [6.45, 7) is 1.95. The molecule has 1 heterocycles. The van der Waals surface area contributed by atoms with Crippen LogP contribution < -0.4 is 5.32 Å². The molecule has 0 saturated heterocycles. The third-order valence-corrected chi connectivity index (χ3v) is 5.44.